The molecular formula is C13H16N4. The Morgan fingerprint density at radius 3 is 2.76 bits per heavy atom. The van der Waals surface area contributed by atoms with Crippen LogP contribution in [-0.2, 0) is 0 Å². The van der Waals surface area contributed by atoms with E-state index in [0.29, 0.717) is 5.92 Å². The van der Waals surface area contributed by atoms with Crippen molar-refractivity contribution in [2.24, 2.45) is 0 Å². The number of anilines is 1. The molecule has 2 heterocycles. The Morgan fingerprint density at radius 2 is 2.18 bits per heavy atom. The van der Waals surface area contributed by atoms with Crippen molar-refractivity contribution in [3.05, 3.63) is 35.8 Å². The van der Waals surface area contributed by atoms with E-state index in [1.807, 2.05) is 30.1 Å². The lowest BCUT2D eigenvalue weighted by molar-refractivity contribution is 0.791. The Bertz CT molecular complexity index is 523. The normalized spacial score (nSPS) is 14.9. The van der Waals surface area contributed by atoms with Gasteiger partial charge in [-0.3, -0.25) is 0 Å². The van der Waals surface area contributed by atoms with Gasteiger partial charge in [-0.2, -0.15) is 5.10 Å². The van der Waals surface area contributed by atoms with E-state index in [0.717, 1.165) is 17.2 Å². The summed E-state index contributed by atoms with van der Waals surface area (Å²) in [6.45, 7) is 2.08. The molecule has 4 heteroatoms. The maximum absolute atomic E-state index is 4.63. The minimum Gasteiger partial charge on any atom is -0.387 e. The summed E-state index contributed by atoms with van der Waals surface area (Å²) >= 11 is 0. The zero-order chi connectivity index (χ0) is 11.8. The highest BCUT2D eigenvalue weighted by Gasteiger charge is 2.26. The van der Waals surface area contributed by atoms with Crippen molar-refractivity contribution in [1.29, 1.82) is 0 Å². The molecule has 2 aromatic rings. The first kappa shape index (κ1) is 10.3. The molecule has 4 nitrogen and oxygen atoms in total. The summed E-state index contributed by atoms with van der Waals surface area (Å²) in [5, 5.41) is 7.69. The number of aryl methyl sites for hydroxylation is 1. The molecule has 0 aliphatic heterocycles. The van der Waals surface area contributed by atoms with Crippen LogP contribution in [0.4, 0.5) is 5.69 Å². The molecule has 0 unspecified atom stereocenters. The van der Waals surface area contributed by atoms with Crippen LogP contribution in [0.1, 0.15) is 30.1 Å². The van der Waals surface area contributed by atoms with E-state index in [2.05, 4.69) is 28.4 Å². The van der Waals surface area contributed by atoms with Crippen LogP contribution in [-0.4, -0.2) is 21.8 Å². The van der Waals surface area contributed by atoms with Gasteiger partial charge in [0.2, 0.25) is 0 Å². The Labute approximate surface area is 101 Å². The number of pyridine rings is 1. The van der Waals surface area contributed by atoms with Crippen molar-refractivity contribution in [3.8, 4) is 5.82 Å². The molecule has 1 aliphatic rings. The van der Waals surface area contributed by atoms with Crippen LogP contribution in [0.25, 0.3) is 5.82 Å². The fourth-order valence-electron chi connectivity index (χ4n) is 1.97. The first-order valence-corrected chi connectivity index (χ1v) is 5.98. The molecule has 1 saturated carbocycles. The Hall–Kier alpha value is -1.84. The van der Waals surface area contributed by atoms with Crippen LogP contribution >= 0.6 is 0 Å². The van der Waals surface area contributed by atoms with Gasteiger partial charge in [-0.1, -0.05) is 0 Å². The number of aromatic nitrogens is 3. The molecule has 0 amide bonds. The second-order valence-corrected chi connectivity index (χ2v) is 4.55. The molecule has 0 bridgehead atoms. The molecule has 3 rings (SSSR count). The van der Waals surface area contributed by atoms with Crippen molar-refractivity contribution in [3.63, 3.8) is 0 Å². The summed E-state index contributed by atoms with van der Waals surface area (Å²) in [4.78, 5) is 4.41. The van der Waals surface area contributed by atoms with Crippen molar-refractivity contribution in [1.82, 2.24) is 14.8 Å². The number of hydrogen-bond acceptors (Lipinski definition) is 3. The molecule has 1 fully saturated rings. The van der Waals surface area contributed by atoms with Crippen LogP contribution in [0.3, 0.4) is 0 Å². The molecule has 0 saturated heterocycles. The highest BCUT2D eigenvalue weighted by atomic mass is 15.3. The fraction of sp³-hybridized carbons (Fsp3) is 0.385. The molecule has 0 spiro atoms. The lowest BCUT2D eigenvalue weighted by Gasteiger charge is -2.04. The second kappa shape index (κ2) is 3.87. The van der Waals surface area contributed by atoms with Gasteiger partial charge in [-0.25, -0.2) is 9.67 Å². The van der Waals surface area contributed by atoms with Crippen LogP contribution in [0.5, 0.6) is 0 Å². The highest BCUT2D eigenvalue weighted by molar-refractivity contribution is 5.43. The number of nitrogens with one attached hydrogen (secondary N) is 1. The number of nitrogens with zero attached hydrogens (tertiary/aromatic N) is 3. The summed E-state index contributed by atoms with van der Waals surface area (Å²) in [5.41, 5.74) is 3.37. The van der Waals surface area contributed by atoms with Crippen LogP contribution in [0.2, 0.25) is 0 Å². The number of hydrogen-bond donors (Lipinski definition) is 1. The predicted octanol–water partition coefficient (Wildman–Crippen LogP) is 2.49. The summed E-state index contributed by atoms with van der Waals surface area (Å²) < 4.78 is 1.92. The van der Waals surface area contributed by atoms with E-state index in [1.165, 1.54) is 18.5 Å². The molecule has 1 aliphatic carbocycles. The second-order valence-electron chi connectivity index (χ2n) is 4.55. The zero-order valence-corrected chi connectivity index (χ0v) is 10.1. The third-order valence-corrected chi connectivity index (χ3v) is 3.16. The summed E-state index contributed by atoms with van der Waals surface area (Å²) in [6, 6.07) is 6.17. The average molecular weight is 228 g/mol. The minimum absolute atomic E-state index is 0.687. The first-order chi connectivity index (χ1) is 8.28. The smallest absolute Gasteiger partial charge is 0.153 e. The van der Waals surface area contributed by atoms with Gasteiger partial charge in [0, 0.05) is 18.7 Å². The molecule has 1 N–H and O–H groups in total. The van der Waals surface area contributed by atoms with E-state index in [4.69, 9.17) is 0 Å². The number of rotatable bonds is 3. The van der Waals surface area contributed by atoms with Gasteiger partial charge < -0.3 is 5.32 Å². The van der Waals surface area contributed by atoms with Gasteiger partial charge in [0.1, 0.15) is 0 Å². The summed E-state index contributed by atoms with van der Waals surface area (Å²) in [7, 11) is 1.89. The maximum atomic E-state index is 4.63. The average Bonchev–Trinajstić information content (AvgIpc) is 3.13. The van der Waals surface area contributed by atoms with Gasteiger partial charge in [0.25, 0.3) is 0 Å². The van der Waals surface area contributed by atoms with E-state index < -0.39 is 0 Å². The third kappa shape index (κ3) is 1.90. The van der Waals surface area contributed by atoms with Gasteiger partial charge >= 0.3 is 0 Å². The van der Waals surface area contributed by atoms with E-state index in [1.54, 1.807) is 0 Å². The van der Waals surface area contributed by atoms with Gasteiger partial charge in [0.05, 0.1) is 17.6 Å². The quantitative estimate of drug-likeness (QED) is 0.877. The van der Waals surface area contributed by atoms with Crippen molar-refractivity contribution in [2.45, 2.75) is 25.7 Å². The van der Waals surface area contributed by atoms with Crippen molar-refractivity contribution < 1.29 is 0 Å². The highest BCUT2D eigenvalue weighted by Crippen LogP contribution is 2.39. The van der Waals surface area contributed by atoms with Gasteiger partial charge in [0.15, 0.2) is 5.82 Å². The van der Waals surface area contributed by atoms with Crippen molar-refractivity contribution >= 4 is 5.69 Å². The summed E-state index contributed by atoms with van der Waals surface area (Å²) in [6.07, 6.45) is 4.39. The Kier molecular flexibility index (Phi) is 2.35. The monoisotopic (exact) mass is 228 g/mol. The topological polar surface area (TPSA) is 42.7 Å². The van der Waals surface area contributed by atoms with Crippen LogP contribution < -0.4 is 5.32 Å². The Morgan fingerprint density at radius 1 is 1.35 bits per heavy atom. The molecule has 17 heavy (non-hydrogen) atoms. The fourth-order valence-corrected chi connectivity index (χ4v) is 1.97. The largest absolute Gasteiger partial charge is 0.387 e. The molecule has 88 valence electrons. The molecule has 2 aromatic heterocycles. The molecule has 0 aromatic carbocycles. The van der Waals surface area contributed by atoms with Crippen molar-refractivity contribution in [2.75, 3.05) is 12.4 Å². The Balaban J connectivity index is 1.95. The predicted molar refractivity (Wildman–Crippen MR) is 67.6 cm³/mol. The molecule has 0 radical (unpaired) electrons. The van der Waals surface area contributed by atoms with Gasteiger partial charge in [-0.05, 0) is 38.0 Å². The minimum atomic E-state index is 0.687. The lowest BCUT2D eigenvalue weighted by Crippen LogP contribution is -2.02. The van der Waals surface area contributed by atoms with E-state index in [9.17, 15) is 0 Å². The maximum Gasteiger partial charge on any atom is 0.153 e. The standard InChI is InChI=1S/C13H16N4/c1-9-7-12(10-3-4-10)16-17(9)13-6-5-11(14-2)8-15-13/h5-8,10,14H,3-4H2,1-2H3. The third-order valence-electron chi connectivity index (χ3n) is 3.16. The van der Waals surface area contributed by atoms with Crippen LogP contribution in [0, 0.1) is 6.92 Å². The SMILES string of the molecule is CNc1ccc(-n2nc(C3CC3)cc2C)nc1. The summed E-state index contributed by atoms with van der Waals surface area (Å²) in [5.74, 6) is 1.57. The van der Waals surface area contributed by atoms with Crippen LogP contribution in [0.15, 0.2) is 24.4 Å². The van der Waals surface area contributed by atoms with Gasteiger partial charge in [-0.15, -0.1) is 0 Å². The zero-order valence-electron chi connectivity index (χ0n) is 10.1. The van der Waals surface area contributed by atoms with E-state index in [-0.39, 0.29) is 0 Å². The lowest BCUT2D eigenvalue weighted by atomic mass is 10.3. The first-order valence-electron chi connectivity index (χ1n) is 5.98. The molecular weight excluding hydrogens is 212 g/mol. The van der Waals surface area contributed by atoms with E-state index >= 15 is 0 Å². The molecule has 0 atom stereocenters.